The first-order valence-corrected chi connectivity index (χ1v) is 9.57. The smallest absolute Gasteiger partial charge is 0.412 e. The average molecular weight is 377 g/mol. The molecule has 0 radical (unpaired) electrons. The molecule has 27 heavy (non-hydrogen) atoms. The van der Waals surface area contributed by atoms with Crippen LogP contribution in [0.5, 0.6) is 0 Å². The molecule has 1 N–H and O–H groups in total. The summed E-state index contributed by atoms with van der Waals surface area (Å²) in [5.41, 5.74) is 1.31. The summed E-state index contributed by atoms with van der Waals surface area (Å²) in [6.45, 7) is 10.7. The van der Waals surface area contributed by atoms with Crippen LogP contribution in [0.15, 0.2) is 12.3 Å². The average Bonchev–Trinajstić information content (AvgIpc) is 2.58. The van der Waals surface area contributed by atoms with Gasteiger partial charge in [0.2, 0.25) is 0 Å². The molecule has 0 saturated carbocycles. The maximum Gasteiger partial charge on any atom is 0.412 e. The minimum atomic E-state index is -0.615. The van der Waals surface area contributed by atoms with E-state index in [0.717, 1.165) is 44.8 Å². The number of ketones is 1. The summed E-state index contributed by atoms with van der Waals surface area (Å²) in [7, 11) is 0. The molecule has 2 fully saturated rings. The summed E-state index contributed by atoms with van der Waals surface area (Å²) in [4.78, 5) is 31.1. The summed E-state index contributed by atoms with van der Waals surface area (Å²) in [6.07, 6.45) is 3.62. The molecule has 2 aliphatic rings. The van der Waals surface area contributed by atoms with E-state index in [1.807, 2.05) is 6.07 Å². The quantitative estimate of drug-likeness (QED) is 0.802. The van der Waals surface area contributed by atoms with Gasteiger partial charge in [0, 0.05) is 26.4 Å². The highest BCUT2D eigenvalue weighted by molar-refractivity contribution is 6.02. The number of carbonyl (C=O) groups is 2. The molecular weight excluding hydrogens is 346 g/mol. The van der Waals surface area contributed by atoms with Crippen LogP contribution >= 0.6 is 0 Å². The van der Waals surface area contributed by atoms with E-state index in [-0.39, 0.29) is 12.9 Å². The SMILES string of the molecule is CCC(=O)c1ncc(N2CCC3(CC2)COC3)cc1NC(=O)OC(C)(C)C.[HH]. The number of rotatable bonds is 4. The van der Waals surface area contributed by atoms with Gasteiger partial charge in [-0.3, -0.25) is 10.1 Å². The third-order valence-corrected chi connectivity index (χ3v) is 5.10. The maximum atomic E-state index is 12.2. The lowest BCUT2D eigenvalue weighted by molar-refractivity contribution is -0.124. The second kappa shape index (κ2) is 7.46. The summed E-state index contributed by atoms with van der Waals surface area (Å²) in [5, 5.41) is 2.71. The van der Waals surface area contributed by atoms with Crippen LogP contribution in [-0.2, 0) is 9.47 Å². The number of Topliss-reactive ketones (excluding diaryl/α,β-unsaturated/α-hetero) is 1. The van der Waals surface area contributed by atoms with Gasteiger partial charge < -0.3 is 14.4 Å². The lowest BCUT2D eigenvalue weighted by Gasteiger charge is -2.47. The number of nitrogens with one attached hydrogen (secondary N) is 1. The molecule has 1 spiro atoms. The first-order valence-electron chi connectivity index (χ1n) is 9.57. The van der Waals surface area contributed by atoms with Gasteiger partial charge in [0.25, 0.3) is 0 Å². The number of piperidine rings is 1. The molecule has 7 nitrogen and oxygen atoms in total. The number of carbonyl (C=O) groups excluding carboxylic acids is 2. The van der Waals surface area contributed by atoms with Crippen molar-refractivity contribution in [3.05, 3.63) is 18.0 Å². The van der Waals surface area contributed by atoms with E-state index in [1.54, 1.807) is 33.9 Å². The second-order valence-electron chi connectivity index (χ2n) is 8.47. The summed E-state index contributed by atoms with van der Waals surface area (Å²) in [5.74, 6) is -0.114. The van der Waals surface area contributed by atoms with Crippen molar-refractivity contribution < 1.29 is 20.5 Å². The number of aromatic nitrogens is 1. The number of nitrogens with zero attached hydrogens (tertiary/aromatic N) is 2. The van der Waals surface area contributed by atoms with Crippen molar-refractivity contribution in [2.75, 3.05) is 36.5 Å². The van der Waals surface area contributed by atoms with Gasteiger partial charge in [-0.25, -0.2) is 9.78 Å². The molecule has 2 saturated heterocycles. The fraction of sp³-hybridized carbons (Fsp3) is 0.650. The lowest BCUT2D eigenvalue weighted by atomic mass is 9.77. The predicted octanol–water partition coefficient (Wildman–Crippen LogP) is 3.88. The Morgan fingerprint density at radius 2 is 2.00 bits per heavy atom. The normalized spacial score (nSPS) is 18.7. The summed E-state index contributed by atoms with van der Waals surface area (Å²) >= 11 is 0. The van der Waals surface area contributed by atoms with E-state index in [1.165, 1.54) is 0 Å². The standard InChI is InChI=1S/C20H29N3O4.H2/c1-5-16(24)17-15(22-18(25)27-19(2,3)4)10-14(11-21-17)23-8-6-20(7-9-23)12-26-13-20;/h10-11H,5-9,12-13H2,1-4H3,(H,22,25);1H. The number of hydrogen-bond acceptors (Lipinski definition) is 6. The van der Waals surface area contributed by atoms with E-state index in [9.17, 15) is 9.59 Å². The topological polar surface area (TPSA) is 80.8 Å². The molecule has 0 bridgehead atoms. The Hall–Kier alpha value is -2.15. The van der Waals surface area contributed by atoms with Crippen LogP contribution in [0.3, 0.4) is 0 Å². The molecular formula is C20H31N3O4. The fourth-order valence-corrected chi connectivity index (χ4v) is 3.44. The van der Waals surface area contributed by atoms with Gasteiger partial charge in [0.1, 0.15) is 11.3 Å². The molecule has 3 rings (SSSR count). The second-order valence-corrected chi connectivity index (χ2v) is 8.47. The predicted molar refractivity (Wildman–Crippen MR) is 106 cm³/mol. The largest absolute Gasteiger partial charge is 0.444 e. The van der Waals surface area contributed by atoms with E-state index in [0.29, 0.717) is 17.5 Å². The molecule has 3 heterocycles. The minimum absolute atomic E-state index is 0. The third kappa shape index (κ3) is 4.58. The highest BCUT2D eigenvalue weighted by atomic mass is 16.6. The highest BCUT2D eigenvalue weighted by Crippen LogP contribution is 2.39. The van der Waals surface area contributed by atoms with Crippen molar-refractivity contribution in [3.63, 3.8) is 0 Å². The summed E-state index contributed by atoms with van der Waals surface area (Å²) < 4.78 is 10.7. The molecule has 0 unspecified atom stereocenters. The molecule has 150 valence electrons. The van der Waals surface area contributed by atoms with Crippen molar-refractivity contribution in [1.29, 1.82) is 0 Å². The van der Waals surface area contributed by atoms with Crippen LogP contribution in [0.1, 0.15) is 58.9 Å². The van der Waals surface area contributed by atoms with E-state index < -0.39 is 11.7 Å². The Labute approximate surface area is 161 Å². The molecule has 0 atom stereocenters. The number of anilines is 2. The summed E-state index contributed by atoms with van der Waals surface area (Å²) in [6, 6.07) is 1.83. The van der Waals surface area contributed by atoms with Crippen molar-refractivity contribution in [2.24, 2.45) is 5.41 Å². The Morgan fingerprint density at radius 3 is 2.52 bits per heavy atom. The Balaban J connectivity index is 0.00000280. The van der Waals surface area contributed by atoms with Gasteiger partial charge in [-0.05, 0) is 39.7 Å². The van der Waals surface area contributed by atoms with Gasteiger partial charge >= 0.3 is 6.09 Å². The van der Waals surface area contributed by atoms with Gasteiger partial charge in [-0.15, -0.1) is 0 Å². The number of amides is 1. The molecule has 1 aromatic rings. The minimum Gasteiger partial charge on any atom is -0.444 e. The van der Waals surface area contributed by atoms with Crippen LogP contribution in [0, 0.1) is 5.41 Å². The first kappa shape index (κ1) is 19.6. The fourth-order valence-electron chi connectivity index (χ4n) is 3.44. The number of ether oxygens (including phenoxy) is 2. The number of pyridine rings is 1. The molecule has 0 aromatic carbocycles. The van der Waals surface area contributed by atoms with Crippen LogP contribution in [0.25, 0.3) is 0 Å². The Bertz CT molecular complexity index is 719. The van der Waals surface area contributed by atoms with Crippen LogP contribution in [0.4, 0.5) is 16.2 Å². The molecule has 1 amide bonds. The molecule has 2 aliphatic heterocycles. The Morgan fingerprint density at radius 1 is 1.33 bits per heavy atom. The van der Waals surface area contributed by atoms with E-state index in [2.05, 4.69) is 15.2 Å². The lowest BCUT2D eigenvalue weighted by Crippen LogP contribution is -2.51. The highest BCUT2D eigenvalue weighted by Gasteiger charge is 2.41. The maximum absolute atomic E-state index is 12.2. The van der Waals surface area contributed by atoms with Crippen molar-refractivity contribution in [1.82, 2.24) is 4.98 Å². The van der Waals surface area contributed by atoms with Crippen molar-refractivity contribution in [3.8, 4) is 0 Å². The molecule has 7 heteroatoms. The molecule has 0 aliphatic carbocycles. The van der Waals surface area contributed by atoms with Crippen LogP contribution in [-0.4, -0.2) is 48.8 Å². The zero-order valence-corrected chi connectivity index (χ0v) is 16.6. The zero-order valence-electron chi connectivity index (χ0n) is 16.6. The third-order valence-electron chi connectivity index (χ3n) is 5.10. The number of hydrogen-bond donors (Lipinski definition) is 1. The molecule has 1 aromatic heterocycles. The van der Waals surface area contributed by atoms with E-state index >= 15 is 0 Å². The van der Waals surface area contributed by atoms with Crippen LogP contribution in [0.2, 0.25) is 0 Å². The first-order chi connectivity index (χ1) is 12.7. The van der Waals surface area contributed by atoms with Crippen molar-refractivity contribution >= 4 is 23.3 Å². The van der Waals surface area contributed by atoms with Gasteiger partial charge in [0.15, 0.2) is 5.78 Å². The van der Waals surface area contributed by atoms with Crippen LogP contribution < -0.4 is 10.2 Å². The zero-order chi connectivity index (χ0) is 19.7. The monoisotopic (exact) mass is 377 g/mol. The van der Waals surface area contributed by atoms with Gasteiger partial charge in [0.05, 0.1) is 30.8 Å². The Kier molecular flexibility index (Phi) is 5.42. The van der Waals surface area contributed by atoms with Crippen molar-refractivity contribution in [2.45, 2.75) is 52.6 Å². The van der Waals surface area contributed by atoms with E-state index in [4.69, 9.17) is 9.47 Å². The van der Waals surface area contributed by atoms with Gasteiger partial charge in [-0.1, -0.05) is 6.92 Å². The van der Waals surface area contributed by atoms with Gasteiger partial charge in [-0.2, -0.15) is 0 Å².